The molecule has 94 valence electrons. The van der Waals surface area contributed by atoms with Crippen molar-refractivity contribution < 1.29 is 4.74 Å². The van der Waals surface area contributed by atoms with E-state index >= 15 is 0 Å². The zero-order chi connectivity index (χ0) is 11.1. The maximum absolute atomic E-state index is 5.81. The van der Waals surface area contributed by atoms with Crippen molar-refractivity contribution in [3.05, 3.63) is 0 Å². The molecule has 3 heteroatoms. The Hall–Kier alpha value is -0.120. The van der Waals surface area contributed by atoms with Crippen molar-refractivity contribution >= 4 is 0 Å². The largest absolute Gasteiger partial charge is 0.377 e. The van der Waals surface area contributed by atoms with Crippen LogP contribution in [0.4, 0.5) is 0 Å². The Bertz CT molecular complexity index is 175. The van der Waals surface area contributed by atoms with E-state index in [1.807, 2.05) is 0 Å². The van der Waals surface area contributed by atoms with Crippen molar-refractivity contribution in [3.8, 4) is 0 Å². The van der Waals surface area contributed by atoms with Gasteiger partial charge in [-0.3, -0.25) is 0 Å². The second kappa shape index (κ2) is 7.25. The molecule has 16 heavy (non-hydrogen) atoms. The Labute approximate surface area is 99.3 Å². The van der Waals surface area contributed by atoms with E-state index in [2.05, 4.69) is 10.6 Å². The molecule has 2 fully saturated rings. The minimum Gasteiger partial charge on any atom is -0.377 e. The zero-order valence-corrected chi connectivity index (χ0v) is 10.3. The van der Waals surface area contributed by atoms with Gasteiger partial charge in [0.25, 0.3) is 0 Å². The van der Waals surface area contributed by atoms with E-state index in [9.17, 15) is 0 Å². The summed E-state index contributed by atoms with van der Waals surface area (Å²) < 4.78 is 5.81. The van der Waals surface area contributed by atoms with Crippen LogP contribution < -0.4 is 10.6 Å². The van der Waals surface area contributed by atoms with Gasteiger partial charge in [0.1, 0.15) is 0 Å². The molecule has 1 aliphatic heterocycles. The molecule has 1 atom stereocenters. The number of ether oxygens (including phenoxy) is 1. The normalized spacial score (nSPS) is 27.4. The van der Waals surface area contributed by atoms with E-state index in [-0.39, 0.29) is 0 Å². The molecular formula is C13H26N2O. The van der Waals surface area contributed by atoms with Crippen LogP contribution >= 0.6 is 0 Å². The molecule has 0 aromatic carbocycles. The van der Waals surface area contributed by atoms with Gasteiger partial charge in [0.2, 0.25) is 0 Å². The SMILES string of the molecule is C1CNCC(CNCCOC2CCCC2)C1. The van der Waals surface area contributed by atoms with E-state index in [0.717, 1.165) is 25.6 Å². The predicted octanol–water partition coefficient (Wildman–Crippen LogP) is 1.53. The molecule has 0 amide bonds. The Kier molecular flexibility index (Phi) is 5.59. The van der Waals surface area contributed by atoms with Crippen LogP contribution in [-0.4, -0.2) is 38.9 Å². The summed E-state index contributed by atoms with van der Waals surface area (Å²) in [6.45, 7) is 5.47. The number of nitrogens with one attached hydrogen (secondary N) is 2. The summed E-state index contributed by atoms with van der Waals surface area (Å²) in [5.41, 5.74) is 0. The van der Waals surface area contributed by atoms with Gasteiger partial charge < -0.3 is 15.4 Å². The van der Waals surface area contributed by atoms with E-state index in [0.29, 0.717) is 6.10 Å². The third-order valence-corrected chi connectivity index (χ3v) is 3.77. The first kappa shape index (κ1) is 12.3. The minimum atomic E-state index is 0.568. The Morgan fingerprint density at radius 1 is 1.12 bits per heavy atom. The third kappa shape index (κ3) is 4.40. The molecule has 2 aliphatic rings. The molecule has 0 aromatic heterocycles. The van der Waals surface area contributed by atoms with Gasteiger partial charge in [-0.25, -0.2) is 0 Å². The summed E-state index contributed by atoms with van der Waals surface area (Å²) in [7, 11) is 0. The van der Waals surface area contributed by atoms with Gasteiger partial charge in [-0.15, -0.1) is 0 Å². The molecule has 0 aromatic rings. The van der Waals surface area contributed by atoms with Crippen LogP contribution in [0.15, 0.2) is 0 Å². The zero-order valence-electron chi connectivity index (χ0n) is 10.3. The number of hydrogen-bond acceptors (Lipinski definition) is 3. The molecule has 3 nitrogen and oxygen atoms in total. The average Bonchev–Trinajstić information content (AvgIpc) is 2.83. The van der Waals surface area contributed by atoms with Crippen LogP contribution in [0, 0.1) is 5.92 Å². The second-order valence-electron chi connectivity index (χ2n) is 5.19. The highest BCUT2D eigenvalue weighted by atomic mass is 16.5. The lowest BCUT2D eigenvalue weighted by atomic mass is 10.00. The first-order chi connectivity index (χ1) is 7.95. The molecule has 1 saturated heterocycles. The van der Waals surface area contributed by atoms with E-state index in [4.69, 9.17) is 4.74 Å². The molecule has 1 saturated carbocycles. The summed E-state index contributed by atoms with van der Waals surface area (Å²) in [6.07, 6.45) is 8.59. The van der Waals surface area contributed by atoms with Crippen molar-refractivity contribution in [1.29, 1.82) is 0 Å². The van der Waals surface area contributed by atoms with E-state index < -0.39 is 0 Å². The van der Waals surface area contributed by atoms with Crippen LogP contribution in [0.5, 0.6) is 0 Å². The third-order valence-electron chi connectivity index (χ3n) is 3.77. The molecule has 1 heterocycles. The molecule has 2 N–H and O–H groups in total. The standard InChI is InChI=1S/C13H26N2O/c1-2-6-13(5-1)16-9-8-15-11-12-4-3-7-14-10-12/h12-15H,1-11H2. The van der Waals surface area contributed by atoms with Gasteiger partial charge >= 0.3 is 0 Å². The quantitative estimate of drug-likeness (QED) is 0.674. The molecule has 0 spiro atoms. The topological polar surface area (TPSA) is 33.3 Å². The van der Waals surface area contributed by atoms with Gasteiger partial charge in [-0.05, 0) is 51.2 Å². The minimum absolute atomic E-state index is 0.568. The highest BCUT2D eigenvalue weighted by Gasteiger charge is 2.15. The fraction of sp³-hybridized carbons (Fsp3) is 1.00. The molecule has 0 bridgehead atoms. The highest BCUT2D eigenvalue weighted by Crippen LogP contribution is 2.20. The Morgan fingerprint density at radius 2 is 2.00 bits per heavy atom. The van der Waals surface area contributed by atoms with Crippen molar-refractivity contribution in [1.82, 2.24) is 10.6 Å². The molecule has 2 rings (SSSR count). The van der Waals surface area contributed by atoms with Gasteiger partial charge in [0.15, 0.2) is 0 Å². The van der Waals surface area contributed by atoms with Crippen molar-refractivity contribution in [2.75, 3.05) is 32.8 Å². The van der Waals surface area contributed by atoms with Crippen LogP contribution in [0.3, 0.4) is 0 Å². The average molecular weight is 226 g/mol. The second-order valence-corrected chi connectivity index (χ2v) is 5.19. The molecule has 1 unspecified atom stereocenters. The van der Waals surface area contributed by atoms with Crippen LogP contribution in [0.2, 0.25) is 0 Å². The summed E-state index contributed by atoms with van der Waals surface area (Å²) in [6, 6.07) is 0. The van der Waals surface area contributed by atoms with Crippen molar-refractivity contribution in [2.45, 2.75) is 44.6 Å². The lowest BCUT2D eigenvalue weighted by Gasteiger charge is -2.23. The van der Waals surface area contributed by atoms with Gasteiger partial charge in [0, 0.05) is 6.54 Å². The monoisotopic (exact) mass is 226 g/mol. The first-order valence-electron chi connectivity index (χ1n) is 6.98. The van der Waals surface area contributed by atoms with Gasteiger partial charge in [0.05, 0.1) is 12.7 Å². The summed E-state index contributed by atoms with van der Waals surface area (Å²) >= 11 is 0. The van der Waals surface area contributed by atoms with Crippen molar-refractivity contribution in [3.63, 3.8) is 0 Å². The maximum atomic E-state index is 5.81. The number of hydrogen-bond donors (Lipinski definition) is 2. The first-order valence-corrected chi connectivity index (χ1v) is 6.98. The Balaban J connectivity index is 1.42. The molecular weight excluding hydrogens is 200 g/mol. The van der Waals surface area contributed by atoms with Crippen LogP contribution in [0.1, 0.15) is 38.5 Å². The molecule has 0 radical (unpaired) electrons. The Morgan fingerprint density at radius 3 is 2.75 bits per heavy atom. The van der Waals surface area contributed by atoms with Crippen LogP contribution in [0.25, 0.3) is 0 Å². The lowest BCUT2D eigenvalue weighted by Crippen LogP contribution is -2.37. The smallest absolute Gasteiger partial charge is 0.0594 e. The van der Waals surface area contributed by atoms with Gasteiger partial charge in [-0.1, -0.05) is 12.8 Å². The lowest BCUT2D eigenvalue weighted by molar-refractivity contribution is 0.0599. The summed E-state index contributed by atoms with van der Waals surface area (Å²) in [5.74, 6) is 0.834. The van der Waals surface area contributed by atoms with Crippen LogP contribution in [-0.2, 0) is 4.74 Å². The highest BCUT2D eigenvalue weighted by molar-refractivity contribution is 4.71. The number of rotatable bonds is 6. The summed E-state index contributed by atoms with van der Waals surface area (Å²) in [5, 5.41) is 6.96. The van der Waals surface area contributed by atoms with E-state index in [1.165, 1.54) is 51.6 Å². The van der Waals surface area contributed by atoms with E-state index in [1.54, 1.807) is 0 Å². The van der Waals surface area contributed by atoms with Gasteiger partial charge in [-0.2, -0.15) is 0 Å². The van der Waals surface area contributed by atoms with Crippen molar-refractivity contribution in [2.24, 2.45) is 5.92 Å². The maximum Gasteiger partial charge on any atom is 0.0594 e. The fourth-order valence-electron chi connectivity index (χ4n) is 2.76. The summed E-state index contributed by atoms with van der Waals surface area (Å²) in [4.78, 5) is 0. The predicted molar refractivity (Wildman–Crippen MR) is 66.7 cm³/mol. The molecule has 1 aliphatic carbocycles. The number of piperidine rings is 1. The fourth-order valence-corrected chi connectivity index (χ4v) is 2.76.